The van der Waals surface area contributed by atoms with Gasteiger partial charge in [0.25, 0.3) is 11.8 Å². The number of aryl methyl sites for hydroxylation is 1. The van der Waals surface area contributed by atoms with Crippen LogP contribution in [0.3, 0.4) is 0 Å². The monoisotopic (exact) mass is 380 g/mol. The number of halogens is 2. The number of rotatable bonds is 4. The molecule has 2 N–H and O–H groups in total. The van der Waals surface area contributed by atoms with Crippen LogP contribution < -0.4 is 15.6 Å². The summed E-state index contributed by atoms with van der Waals surface area (Å²) in [6.07, 6.45) is 0. The molecular weight excluding hydrogens is 367 g/mol. The van der Waals surface area contributed by atoms with Crippen molar-refractivity contribution in [3.05, 3.63) is 63.9 Å². The van der Waals surface area contributed by atoms with E-state index in [2.05, 4.69) is 26.8 Å². The predicted molar refractivity (Wildman–Crippen MR) is 86.4 cm³/mol. The molecule has 120 valence electrons. The molecule has 0 heterocycles. The van der Waals surface area contributed by atoms with Crippen LogP contribution in [0.25, 0.3) is 0 Å². The molecule has 0 aliphatic heterocycles. The van der Waals surface area contributed by atoms with Crippen LogP contribution in [0.15, 0.2) is 46.9 Å². The Balaban J connectivity index is 1.83. The largest absolute Gasteiger partial charge is 0.484 e. The zero-order chi connectivity index (χ0) is 16.8. The van der Waals surface area contributed by atoms with E-state index in [4.69, 9.17) is 4.74 Å². The van der Waals surface area contributed by atoms with E-state index in [1.165, 1.54) is 12.1 Å². The third-order valence-electron chi connectivity index (χ3n) is 2.88. The van der Waals surface area contributed by atoms with Crippen molar-refractivity contribution in [3.63, 3.8) is 0 Å². The number of hydrazine groups is 1. The average molecular weight is 381 g/mol. The number of ether oxygens (including phenoxy) is 1. The van der Waals surface area contributed by atoms with E-state index in [9.17, 15) is 14.0 Å². The third kappa shape index (κ3) is 5.07. The van der Waals surface area contributed by atoms with Crippen molar-refractivity contribution in [2.75, 3.05) is 6.61 Å². The summed E-state index contributed by atoms with van der Waals surface area (Å²) in [7, 11) is 0. The van der Waals surface area contributed by atoms with Crippen molar-refractivity contribution in [3.8, 4) is 5.75 Å². The Morgan fingerprint density at radius 3 is 2.52 bits per heavy atom. The van der Waals surface area contributed by atoms with E-state index >= 15 is 0 Å². The van der Waals surface area contributed by atoms with E-state index < -0.39 is 17.6 Å². The van der Waals surface area contributed by atoms with E-state index in [1.54, 1.807) is 12.1 Å². The Morgan fingerprint density at radius 2 is 1.83 bits per heavy atom. The second-order valence-electron chi connectivity index (χ2n) is 4.73. The lowest BCUT2D eigenvalue weighted by atomic mass is 10.2. The smallest absolute Gasteiger partial charge is 0.276 e. The summed E-state index contributed by atoms with van der Waals surface area (Å²) in [4.78, 5) is 23.5. The molecule has 0 saturated heterocycles. The van der Waals surface area contributed by atoms with Gasteiger partial charge in [-0.2, -0.15) is 0 Å². The summed E-state index contributed by atoms with van der Waals surface area (Å²) < 4.78 is 18.8. The highest BCUT2D eigenvalue weighted by Crippen LogP contribution is 2.17. The van der Waals surface area contributed by atoms with Gasteiger partial charge in [-0.25, -0.2) is 4.39 Å². The Kier molecular flexibility index (Phi) is 5.70. The van der Waals surface area contributed by atoms with E-state index in [-0.39, 0.29) is 12.2 Å². The van der Waals surface area contributed by atoms with Crippen LogP contribution in [0.5, 0.6) is 5.75 Å². The minimum Gasteiger partial charge on any atom is -0.484 e. The summed E-state index contributed by atoms with van der Waals surface area (Å²) in [5.74, 6) is -1.18. The molecule has 2 rings (SSSR count). The highest BCUT2D eigenvalue weighted by Gasteiger charge is 2.12. The highest BCUT2D eigenvalue weighted by atomic mass is 79.9. The van der Waals surface area contributed by atoms with Gasteiger partial charge in [0.1, 0.15) is 11.6 Å². The first-order valence-electron chi connectivity index (χ1n) is 6.69. The van der Waals surface area contributed by atoms with Gasteiger partial charge >= 0.3 is 0 Å². The number of nitrogens with one attached hydrogen (secondary N) is 2. The Morgan fingerprint density at radius 1 is 1.13 bits per heavy atom. The molecule has 7 heteroatoms. The van der Waals surface area contributed by atoms with Crippen LogP contribution in [-0.4, -0.2) is 18.4 Å². The maximum Gasteiger partial charge on any atom is 0.276 e. The second kappa shape index (κ2) is 7.73. The van der Waals surface area contributed by atoms with Crippen LogP contribution in [0.2, 0.25) is 0 Å². The standard InChI is InChI=1S/C16H14BrFN2O3/c1-10-2-5-12(6-3-10)23-9-15(21)19-20-16(22)13-8-11(18)4-7-14(13)17/h2-8H,9H2,1H3,(H,19,21)(H,20,22). The fourth-order valence-corrected chi connectivity index (χ4v) is 2.11. The maximum atomic E-state index is 13.1. The highest BCUT2D eigenvalue weighted by molar-refractivity contribution is 9.10. The number of hydrogen-bond acceptors (Lipinski definition) is 3. The molecule has 0 radical (unpaired) electrons. The molecule has 0 atom stereocenters. The molecule has 5 nitrogen and oxygen atoms in total. The van der Waals surface area contributed by atoms with Crippen molar-refractivity contribution >= 4 is 27.7 Å². The van der Waals surface area contributed by atoms with E-state index in [0.717, 1.165) is 11.6 Å². The van der Waals surface area contributed by atoms with Gasteiger partial charge in [-0.1, -0.05) is 17.7 Å². The third-order valence-corrected chi connectivity index (χ3v) is 3.57. The molecule has 0 aromatic heterocycles. The molecule has 0 saturated carbocycles. The van der Waals surface area contributed by atoms with Gasteiger partial charge in [0.15, 0.2) is 6.61 Å². The molecule has 23 heavy (non-hydrogen) atoms. The zero-order valence-electron chi connectivity index (χ0n) is 12.2. The van der Waals surface area contributed by atoms with Gasteiger partial charge < -0.3 is 4.74 Å². The molecule has 0 aliphatic rings. The number of carbonyl (C=O) groups is 2. The van der Waals surface area contributed by atoms with Crippen LogP contribution in [0.4, 0.5) is 4.39 Å². The minimum absolute atomic E-state index is 0.0738. The summed E-state index contributed by atoms with van der Waals surface area (Å²) in [5, 5.41) is 0. The number of benzene rings is 2. The van der Waals surface area contributed by atoms with Crippen molar-refractivity contribution < 1.29 is 18.7 Å². The van der Waals surface area contributed by atoms with Gasteiger partial charge in [-0.05, 0) is 53.2 Å². The van der Waals surface area contributed by atoms with Gasteiger partial charge in [-0.15, -0.1) is 0 Å². The van der Waals surface area contributed by atoms with Crippen molar-refractivity contribution in [2.24, 2.45) is 0 Å². The van der Waals surface area contributed by atoms with Gasteiger partial charge in [-0.3, -0.25) is 20.4 Å². The Hall–Kier alpha value is -2.41. The van der Waals surface area contributed by atoms with Crippen molar-refractivity contribution in [2.45, 2.75) is 6.92 Å². The van der Waals surface area contributed by atoms with Gasteiger partial charge in [0, 0.05) is 4.47 Å². The average Bonchev–Trinajstić information content (AvgIpc) is 2.54. The molecule has 0 spiro atoms. The SMILES string of the molecule is Cc1ccc(OCC(=O)NNC(=O)c2cc(F)ccc2Br)cc1. The summed E-state index contributed by atoms with van der Waals surface area (Å²) in [6.45, 7) is 1.68. The van der Waals surface area contributed by atoms with Gasteiger partial charge in [0.2, 0.25) is 0 Å². The topological polar surface area (TPSA) is 67.4 Å². The fraction of sp³-hybridized carbons (Fsp3) is 0.125. The summed E-state index contributed by atoms with van der Waals surface area (Å²) in [6, 6.07) is 10.9. The molecule has 2 aromatic carbocycles. The normalized spacial score (nSPS) is 10.0. The number of carbonyl (C=O) groups excluding carboxylic acids is 2. The molecular formula is C16H14BrFN2O3. The maximum absolute atomic E-state index is 13.1. The molecule has 2 amide bonds. The lowest BCUT2D eigenvalue weighted by Gasteiger charge is -2.10. The number of hydrogen-bond donors (Lipinski definition) is 2. The van der Waals surface area contributed by atoms with Crippen LogP contribution >= 0.6 is 15.9 Å². The molecule has 0 unspecified atom stereocenters. The number of amides is 2. The first kappa shape index (κ1) is 17.0. The predicted octanol–water partition coefficient (Wildman–Crippen LogP) is 2.74. The Labute approximate surface area is 140 Å². The fourth-order valence-electron chi connectivity index (χ4n) is 1.68. The molecule has 0 fully saturated rings. The van der Waals surface area contributed by atoms with Gasteiger partial charge in [0.05, 0.1) is 5.56 Å². The molecule has 0 bridgehead atoms. The lowest BCUT2D eigenvalue weighted by Crippen LogP contribution is -2.44. The van der Waals surface area contributed by atoms with Crippen LogP contribution in [0.1, 0.15) is 15.9 Å². The first-order chi connectivity index (χ1) is 11.0. The minimum atomic E-state index is -0.639. The van der Waals surface area contributed by atoms with Crippen molar-refractivity contribution in [1.29, 1.82) is 0 Å². The zero-order valence-corrected chi connectivity index (χ0v) is 13.8. The summed E-state index contributed by atoms with van der Waals surface area (Å²) in [5.41, 5.74) is 5.55. The molecule has 0 aliphatic carbocycles. The van der Waals surface area contributed by atoms with Crippen molar-refractivity contribution in [1.82, 2.24) is 10.9 Å². The van der Waals surface area contributed by atoms with E-state index in [1.807, 2.05) is 19.1 Å². The summed E-state index contributed by atoms with van der Waals surface area (Å²) >= 11 is 3.14. The first-order valence-corrected chi connectivity index (χ1v) is 7.48. The second-order valence-corrected chi connectivity index (χ2v) is 5.58. The molecule has 2 aromatic rings. The quantitative estimate of drug-likeness (QED) is 0.801. The lowest BCUT2D eigenvalue weighted by molar-refractivity contribution is -0.123. The van der Waals surface area contributed by atoms with Crippen LogP contribution in [0, 0.1) is 12.7 Å². The van der Waals surface area contributed by atoms with Crippen LogP contribution in [-0.2, 0) is 4.79 Å². The van der Waals surface area contributed by atoms with E-state index in [0.29, 0.717) is 10.2 Å². The Bertz CT molecular complexity index is 720.